The van der Waals surface area contributed by atoms with Gasteiger partial charge in [0.25, 0.3) is 0 Å². The predicted molar refractivity (Wildman–Crippen MR) is 97.9 cm³/mol. The van der Waals surface area contributed by atoms with Gasteiger partial charge in [-0.15, -0.1) is 0 Å². The molecule has 0 saturated carbocycles. The number of nitrogens with one attached hydrogen (secondary N) is 1. The molecule has 25 heavy (non-hydrogen) atoms. The molecule has 0 bridgehead atoms. The van der Waals surface area contributed by atoms with Gasteiger partial charge in [0, 0.05) is 33.1 Å². The van der Waals surface area contributed by atoms with Crippen molar-refractivity contribution >= 4 is 11.8 Å². The Bertz CT molecular complexity index is 582. The van der Waals surface area contributed by atoms with Crippen LogP contribution in [0.1, 0.15) is 38.2 Å². The Balaban J connectivity index is 1.51. The van der Waals surface area contributed by atoms with Crippen molar-refractivity contribution in [1.82, 2.24) is 15.1 Å². The Hall–Kier alpha value is -1.88. The molecule has 0 radical (unpaired) electrons. The summed E-state index contributed by atoms with van der Waals surface area (Å²) in [5.74, 6) is 0.823. The molecule has 3 rings (SSSR count). The minimum atomic E-state index is 0.0287. The summed E-state index contributed by atoms with van der Waals surface area (Å²) in [6.45, 7) is 5.79. The van der Waals surface area contributed by atoms with Gasteiger partial charge in [0.15, 0.2) is 0 Å². The number of rotatable bonds is 5. The van der Waals surface area contributed by atoms with Crippen LogP contribution in [-0.2, 0) is 16.1 Å². The summed E-state index contributed by atoms with van der Waals surface area (Å²) in [5, 5.41) is 2.90. The first-order valence-electron chi connectivity index (χ1n) is 9.44. The topological polar surface area (TPSA) is 52.7 Å². The number of likely N-dealkylation sites (tertiary alicyclic amines) is 2. The molecule has 0 spiro atoms. The number of carbonyl (C=O) groups excluding carboxylic acids is 2. The highest BCUT2D eigenvalue weighted by molar-refractivity contribution is 5.82. The van der Waals surface area contributed by atoms with Crippen molar-refractivity contribution in [3.8, 4) is 0 Å². The molecule has 2 fully saturated rings. The van der Waals surface area contributed by atoms with E-state index in [1.807, 2.05) is 11.0 Å². The standard InChI is InChI=1S/C20H29N3O2/c1-16(24)21-14-17-9-12-22(13-10-17)20(25)19-8-5-11-23(19)15-18-6-3-2-4-7-18/h2-4,6-7,17,19H,5,8-15H2,1H3,(H,21,24)/t19-/m1/s1. The maximum Gasteiger partial charge on any atom is 0.239 e. The summed E-state index contributed by atoms with van der Waals surface area (Å²) in [4.78, 5) is 28.4. The van der Waals surface area contributed by atoms with E-state index >= 15 is 0 Å². The van der Waals surface area contributed by atoms with Gasteiger partial charge in [-0.25, -0.2) is 0 Å². The van der Waals surface area contributed by atoms with Crippen LogP contribution in [0.2, 0.25) is 0 Å². The van der Waals surface area contributed by atoms with Gasteiger partial charge in [0.2, 0.25) is 11.8 Å². The van der Waals surface area contributed by atoms with Crippen LogP contribution in [0.4, 0.5) is 0 Å². The molecule has 0 aliphatic carbocycles. The fourth-order valence-electron chi connectivity index (χ4n) is 3.97. The van der Waals surface area contributed by atoms with Crippen LogP contribution in [0.5, 0.6) is 0 Å². The Morgan fingerprint density at radius 3 is 2.48 bits per heavy atom. The number of benzene rings is 1. The van der Waals surface area contributed by atoms with Crippen LogP contribution in [0, 0.1) is 5.92 Å². The van der Waals surface area contributed by atoms with Gasteiger partial charge in [0.05, 0.1) is 6.04 Å². The van der Waals surface area contributed by atoms with Gasteiger partial charge in [-0.05, 0) is 43.7 Å². The fraction of sp³-hybridized carbons (Fsp3) is 0.600. The first-order valence-corrected chi connectivity index (χ1v) is 9.44. The third kappa shape index (κ3) is 4.82. The number of piperidine rings is 1. The third-order valence-corrected chi connectivity index (χ3v) is 5.44. The monoisotopic (exact) mass is 343 g/mol. The number of amides is 2. The molecule has 0 unspecified atom stereocenters. The predicted octanol–water partition coefficient (Wildman–Crippen LogP) is 2.03. The van der Waals surface area contributed by atoms with Crippen LogP contribution < -0.4 is 5.32 Å². The lowest BCUT2D eigenvalue weighted by atomic mass is 9.96. The molecule has 1 atom stereocenters. The highest BCUT2D eigenvalue weighted by Gasteiger charge is 2.34. The van der Waals surface area contributed by atoms with Gasteiger partial charge in [-0.2, -0.15) is 0 Å². The van der Waals surface area contributed by atoms with E-state index in [9.17, 15) is 9.59 Å². The Labute approximate surface area is 150 Å². The molecular weight excluding hydrogens is 314 g/mol. The molecule has 2 heterocycles. The summed E-state index contributed by atoms with van der Waals surface area (Å²) in [6, 6.07) is 10.4. The van der Waals surface area contributed by atoms with Crippen molar-refractivity contribution in [3.05, 3.63) is 35.9 Å². The van der Waals surface area contributed by atoms with Crippen molar-refractivity contribution in [3.63, 3.8) is 0 Å². The van der Waals surface area contributed by atoms with E-state index in [4.69, 9.17) is 0 Å². The van der Waals surface area contributed by atoms with E-state index in [0.29, 0.717) is 11.8 Å². The van der Waals surface area contributed by atoms with E-state index in [1.165, 1.54) is 5.56 Å². The van der Waals surface area contributed by atoms with Gasteiger partial charge in [-0.1, -0.05) is 30.3 Å². The van der Waals surface area contributed by atoms with Crippen LogP contribution in [0.25, 0.3) is 0 Å². The lowest BCUT2D eigenvalue weighted by molar-refractivity contribution is -0.137. The summed E-state index contributed by atoms with van der Waals surface area (Å²) in [7, 11) is 0. The van der Waals surface area contributed by atoms with Crippen molar-refractivity contribution in [2.45, 2.75) is 45.2 Å². The van der Waals surface area contributed by atoms with Gasteiger partial charge in [0.1, 0.15) is 0 Å². The second kappa shape index (κ2) is 8.48. The molecule has 0 aromatic heterocycles. The lowest BCUT2D eigenvalue weighted by Gasteiger charge is -2.35. The van der Waals surface area contributed by atoms with Crippen molar-refractivity contribution in [2.75, 3.05) is 26.2 Å². The third-order valence-electron chi connectivity index (χ3n) is 5.44. The van der Waals surface area contributed by atoms with Crippen molar-refractivity contribution in [1.29, 1.82) is 0 Å². The number of nitrogens with zero attached hydrogens (tertiary/aromatic N) is 2. The van der Waals surface area contributed by atoms with Crippen LogP contribution in [0.15, 0.2) is 30.3 Å². The van der Waals surface area contributed by atoms with Crippen LogP contribution in [0.3, 0.4) is 0 Å². The summed E-state index contributed by atoms with van der Waals surface area (Å²) in [5.41, 5.74) is 1.27. The number of carbonyl (C=O) groups is 2. The van der Waals surface area contributed by atoms with E-state index in [1.54, 1.807) is 6.92 Å². The molecular formula is C20H29N3O2. The van der Waals surface area contributed by atoms with Gasteiger partial charge >= 0.3 is 0 Å². The minimum absolute atomic E-state index is 0.0287. The zero-order valence-corrected chi connectivity index (χ0v) is 15.1. The SMILES string of the molecule is CC(=O)NCC1CCN(C(=O)[C@H]2CCCN2Cc2ccccc2)CC1. The van der Waals surface area contributed by atoms with E-state index in [0.717, 1.165) is 58.4 Å². The maximum atomic E-state index is 13.0. The summed E-state index contributed by atoms with van der Waals surface area (Å²) >= 11 is 0. The lowest BCUT2D eigenvalue weighted by Crippen LogP contribution is -2.49. The second-order valence-corrected chi connectivity index (χ2v) is 7.32. The molecule has 5 heteroatoms. The second-order valence-electron chi connectivity index (χ2n) is 7.32. The first kappa shape index (κ1) is 17.9. The first-order chi connectivity index (χ1) is 12.1. The molecule has 1 aromatic rings. The number of hydrogen-bond acceptors (Lipinski definition) is 3. The highest BCUT2D eigenvalue weighted by atomic mass is 16.2. The Morgan fingerprint density at radius 1 is 1.08 bits per heavy atom. The van der Waals surface area contributed by atoms with Gasteiger partial charge < -0.3 is 10.2 Å². The average molecular weight is 343 g/mol. The molecule has 2 amide bonds. The molecule has 5 nitrogen and oxygen atoms in total. The number of hydrogen-bond donors (Lipinski definition) is 1. The molecule has 1 N–H and O–H groups in total. The van der Waals surface area contributed by atoms with Crippen LogP contribution >= 0.6 is 0 Å². The van der Waals surface area contributed by atoms with E-state index in [2.05, 4.69) is 34.5 Å². The fourth-order valence-corrected chi connectivity index (χ4v) is 3.97. The van der Waals surface area contributed by atoms with Crippen molar-refractivity contribution in [2.24, 2.45) is 5.92 Å². The zero-order chi connectivity index (χ0) is 17.6. The largest absolute Gasteiger partial charge is 0.356 e. The zero-order valence-electron chi connectivity index (χ0n) is 15.1. The average Bonchev–Trinajstić information content (AvgIpc) is 3.08. The normalized spacial score (nSPS) is 22.1. The smallest absolute Gasteiger partial charge is 0.239 e. The van der Waals surface area contributed by atoms with E-state index in [-0.39, 0.29) is 11.9 Å². The highest BCUT2D eigenvalue weighted by Crippen LogP contribution is 2.24. The summed E-state index contributed by atoms with van der Waals surface area (Å²) in [6.07, 6.45) is 4.04. The van der Waals surface area contributed by atoms with E-state index < -0.39 is 0 Å². The summed E-state index contributed by atoms with van der Waals surface area (Å²) < 4.78 is 0. The molecule has 2 aliphatic rings. The molecule has 2 saturated heterocycles. The van der Waals surface area contributed by atoms with Gasteiger partial charge in [-0.3, -0.25) is 14.5 Å². The molecule has 2 aliphatic heterocycles. The molecule has 136 valence electrons. The minimum Gasteiger partial charge on any atom is -0.356 e. The van der Waals surface area contributed by atoms with Crippen molar-refractivity contribution < 1.29 is 9.59 Å². The Kier molecular flexibility index (Phi) is 6.08. The Morgan fingerprint density at radius 2 is 1.80 bits per heavy atom. The van der Waals surface area contributed by atoms with Crippen LogP contribution in [-0.4, -0.2) is 53.8 Å². The maximum absolute atomic E-state index is 13.0. The quantitative estimate of drug-likeness (QED) is 0.890. The molecule has 1 aromatic carbocycles.